The van der Waals surface area contributed by atoms with E-state index in [1.54, 1.807) is 18.3 Å². The number of hydrogen-bond donors (Lipinski definition) is 0. The van der Waals surface area contributed by atoms with E-state index in [9.17, 15) is 8.78 Å². The molecule has 0 aromatic carbocycles. The zero-order valence-electron chi connectivity index (χ0n) is 8.04. The lowest BCUT2D eigenvalue weighted by atomic mass is 10.1. The molecule has 1 fully saturated rings. The summed E-state index contributed by atoms with van der Waals surface area (Å²) in [5.74, 6) is 0.0605. The molecule has 1 atom stereocenters. The van der Waals surface area contributed by atoms with Gasteiger partial charge in [-0.2, -0.15) is 0 Å². The fourth-order valence-electron chi connectivity index (χ4n) is 1.80. The van der Waals surface area contributed by atoms with Gasteiger partial charge in [-0.25, -0.2) is 13.8 Å². The normalized spacial score (nSPS) is 21.3. The quantitative estimate of drug-likeness (QED) is 0.780. The minimum absolute atomic E-state index is 0.342. The molecule has 0 aliphatic carbocycles. The summed E-state index contributed by atoms with van der Waals surface area (Å²) < 4.78 is 24.9. The molecule has 0 saturated carbocycles. The van der Waals surface area contributed by atoms with Crippen LogP contribution in [0.2, 0.25) is 5.02 Å². The number of anilines is 1. The maximum atomic E-state index is 12.4. The lowest BCUT2D eigenvalue weighted by molar-refractivity contribution is 0.0880. The van der Waals surface area contributed by atoms with Crippen LogP contribution in [-0.4, -0.2) is 24.5 Å². The van der Waals surface area contributed by atoms with Crippen molar-refractivity contribution >= 4 is 17.4 Å². The van der Waals surface area contributed by atoms with Crippen LogP contribution in [0.5, 0.6) is 0 Å². The number of alkyl halides is 2. The highest BCUT2D eigenvalue weighted by Gasteiger charge is 2.30. The van der Waals surface area contributed by atoms with Gasteiger partial charge in [-0.15, -0.1) is 0 Å². The summed E-state index contributed by atoms with van der Waals surface area (Å²) >= 11 is 5.94. The third-order valence-corrected chi connectivity index (χ3v) is 2.91. The van der Waals surface area contributed by atoms with Gasteiger partial charge >= 0.3 is 0 Å². The number of rotatable bonds is 2. The van der Waals surface area contributed by atoms with Gasteiger partial charge in [0.1, 0.15) is 5.82 Å². The van der Waals surface area contributed by atoms with Crippen LogP contribution >= 0.6 is 11.6 Å². The third-order valence-electron chi connectivity index (χ3n) is 2.62. The Bertz CT molecular complexity index is 346. The Morgan fingerprint density at radius 3 is 2.93 bits per heavy atom. The number of aromatic nitrogens is 1. The molecule has 0 amide bonds. The predicted octanol–water partition coefficient (Wildman–Crippen LogP) is 2.83. The average molecular weight is 233 g/mol. The van der Waals surface area contributed by atoms with Crippen molar-refractivity contribution in [2.45, 2.75) is 12.8 Å². The summed E-state index contributed by atoms with van der Waals surface area (Å²) in [6.45, 7) is 0.945. The molecule has 1 aliphatic rings. The van der Waals surface area contributed by atoms with Crippen LogP contribution in [0.15, 0.2) is 18.3 Å². The number of halogens is 3. The van der Waals surface area contributed by atoms with E-state index in [0.717, 1.165) is 0 Å². The Balaban J connectivity index is 2.11. The van der Waals surface area contributed by atoms with Crippen LogP contribution in [0, 0.1) is 5.92 Å². The van der Waals surface area contributed by atoms with Gasteiger partial charge in [0.2, 0.25) is 6.43 Å². The topological polar surface area (TPSA) is 16.1 Å². The zero-order chi connectivity index (χ0) is 10.8. The van der Waals surface area contributed by atoms with Crippen LogP contribution in [0.3, 0.4) is 0 Å². The lowest BCUT2D eigenvalue weighted by Crippen LogP contribution is -2.23. The van der Waals surface area contributed by atoms with Crippen molar-refractivity contribution < 1.29 is 8.78 Å². The number of nitrogens with zero attached hydrogens (tertiary/aromatic N) is 2. The minimum atomic E-state index is -2.25. The molecule has 1 unspecified atom stereocenters. The summed E-state index contributed by atoms with van der Waals surface area (Å²) in [5.41, 5.74) is 0. The van der Waals surface area contributed by atoms with E-state index < -0.39 is 12.3 Å². The molecule has 0 spiro atoms. The first-order valence-corrected chi connectivity index (χ1v) is 5.20. The average Bonchev–Trinajstić information content (AvgIpc) is 2.67. The molecule has 15 heavy (non-hydrogen) atoms. The maximum absolute atomic E-state index is 12.4. The fourth-order valence-corrected chi connectivity index (χ4v) is 2.04. The van der Waals surface area contributed by atoms with E-state index in [-0.39, 0.29) is 0 Å². The first kappa shape index (κ1) is 10.6. The first-order valence-electron chi connectivity index (χ1n) is 4.82. The van der Waals surface area contributed by atoms with Crippen molar-refractivity contribution in [3.8, 4) is 0 Å². The largest absolute Gasteiger partial charge is 0.355 e. The van der Waals surface area contributed by atoms with Crippen molar-refractivity contribution in [2.24, 2.45) is 5.92 Å². The monoisotopic (exact) mass is 232 g/mol. The van der Waals surface area contributed by atoms with E-state index >= 15 is 0 Å². The zero-order valence-corrected chi connectivity index (χ0v) is 8.79. The highest BCUT2D eigenvalue weighted by Crippen LogP contribution is 2.30. The SMILES string of the molecule is FC(F)C1CCN(c2ncccc2Cl)C1. The van der Waals surface area contributed by atoms with E-state index in [2.05, 4.69) is 4.98 Å². The Morgan fingerprint density at radius 1 is 1.53 bits per heavy atom. The van der Waals surface area contributed by atoms with Crippen LogP contribution in [0.25, 0.3) is 0 Å². The molecule has 1 aromatic heterocycles. The van der Waals surface area contributed by atoms with Crippen LogP contribution in [0.1, 0.15) is 6.42 Å². The second-order valence-corrected chi connectivity index (χ2v) is 4.05. The minimum Gasteiger partial charge on any atom is -0.355 e. The lowest BCUT2D eigenvalue weighted by Gasteiger charge is -2.18. The summed E-state index contributed by atoms with van der Waals surface area (Å²) in [6.07, 6.45) is -0.126. The van der Waals surface area contributed by atoms with Gasteiger partial charge in [0.25, 0.3) is 0 Å². The summed E-state index contributed by atoms with van der Waals surface area (Å²) in [5, 5.41) is 0.521. The smallest absolute Gasteiger partial charge is 0.243 e. The summed E-state index contributed by atoms with van der Waals surface area (Å²) in [4.78, 5) is 5.92. The van der Waals surface area contributed by atoms with E-state index in [4.69, 9.17) is 11.6 Å². The van der Waals surface area contributed by atoms with Gasteiger partial charge in [-0.3, -0.25) is 0 Å². The molecule has 5 heteroatoms. The van der Waals surface area contributed by atoms with E-state index in [0.29, 0.717) is 30.4 Å². The second kappa shape index (κ2) is 4.31. The van der Waals surface area contributed by atoms with Gasteiger partial charge in [0.15, 0.2) is 0 Å². The fraction of sp³-hybridized carbons (Fsp3) is 0.500. The van der Waals surface area contributed by atoms with Crippen LogP contribution in [-0.2, 0) is 0 Å². The molecule has 1 aliphatic heterocycles. The van der Waals surface area contributed by atoms with Crippen LogP contribution in [0.4, 0.5) is 14.6 Å². The Labute approximate surface area is 91.9 Å². The molecule has 1 aromatic rings. The molecule has 2 heterocycles. The Morgan fingerprint density at radius 2 is 2.33 bits per heavy atom. The van der Waals surface area contributed by atoms with E-state index in [1.807, 2.05) is 4.90 Å². The van der Waals surface area contributed by atoms with Crippen molar-refractivity contribution in [1.82, 2.24) is 4.98 Å². The molecular formula is C10H11ClF2N2. The highest BCUT2D eigenvalue weighted by molar-refractivity contribution is 6.32. The Hall–Kier alpha value is -0.900. The van der Waals surface area contributed by atoms with Gasteiger partial charge < -0.3 is 4.90 Å². The standard InChI is InChI=1S/C10H11ClF2N2/c11-8-2-1-4-14-10(8)15-5-3-7(6-15)9(12)13/h1-2,4,7,9H,3,5-6H2. The highest BCUT2D eigenvalue weighted by atomic mass is 35.5. The van der Waals surface area contributed by atoms with Gasteiger partial charge in [-0.1, -0.05) is 11.6 Å². The molecule has 82 valence electrons. The van der Waals surface area contributed by atoms with Crippen LogP contribution < -0.4 is 4.90 Å². The molecular weight excluding hydrogens is 222 g/mol. The first-order chi connectivity index (χ1) is 7.18. The van der Waals surface area contributed by atoms with Crippen molar-refractivity contribution in [2.75, 3.05) is 18.0 Å². The van der Waals surface area contributed by atoms with Gasteiger partial charge in [0, 0.05) is 25.2 Å². The van der Waals surface area contributed by atoms with Crippen molar-refractivity contribution in [1.29, 1.82) is 0 Å². The predicted molar refractivity (Wildman–Crippen MR) is 55.6 cm³/mol. The maximum Gasteiger partial charge on any atom is 0.243 e. The number of pyridine rings is 1. The summed E-state index contributed by atoms with van der Waals surface area (Å²) in [7, 11) is 0. The van der Waals surface area contributed by atoms with Gasteiger partial charge in [0.05, 0.1) is 5.02 Å². The molecule has 0 radical (unpaired) electrons. The number of hydrogen-bond acceptors (Lipinski definition) is 2. The summed E-state index contributed by atoms with van der Waals surface area (Å²) in [6, 6.07) is 3.45. The van der Waals surface area contributed by atoms with Crippen molar-refractivity contribution in [3.63, 3.8) is 0 Å². The molecule has 1 saturated heterocycles. The Kier molecular flexibility index (Phi) is 3.05. The second-order valence-electron chi connectivity index (χ2n) is 3.64. The molecule has 2 nitrogen and oxygen atoms in total. The van der Waals surface area contributed by atoms with Crippen molar-refractivity contribution in [3.05, 3.63) is 23.4 Å². The molecule has 0 N–H and O–H groups in total. The van der Waals surface area contributed by atoms with E-state index in [1.165, 1.54) is 0 Å². The molecule has 0 bridgehead atoms. The third kappa shape index (κ3) is 2.20. The molecule has 2 rings (SSSR count). The van der Waals surface area contributed by atoms with Gasteiger partial charge in [-0.05, 0) is 18.6 Å².